The molecule has 0 fully saturated rings. The summed E-state index contributed by atoms with van der Waals surface area (Å²) in [4.78, 5) is 4.47. The molecule has 1 unspecified atom stereocenters. The van der Waals surface area contributed by atoms with E-state index in [1.54, 1.807) is 6.20 Å². The molecule has 0 saturated heterocycles. The molecule has 0 aliphatic carbocycles. The normalized spacial score (nSPS) is 12.6. The second-order valence-corrected chi connectivity index (χ2v) is 5.50. The quantitative estimate of drug-likeness (QED) is 0.833. The van der Waals surface area contributed by atoms with Crippen molar-refractivity contribution in [1.82, 2.24) is 4.98 Å². The predicted molar refractivity (Wildman–Crippen MR) is 81.8 cm³/mol. The molecular weight excluding hydrogens is 290 g/mol. The number of anilines is 2. The highest BCUT2D eigenvalue weighted by molar-refractivity contribution is 9.10. The maximum atomic E-state index is 5.99. The molecule has 0 spiro atoms. The van der Waals surface area contributed by atoms with E-state index in [9.17, 15) is 0 Å². The van der Waals surface area contributed by atoms with Crippen molar-refractivity contribution in [3.05, 3.63) is 28.9 Å². The van der Waals surface area contributed by atoms with Gasteiger partial charge in [0, 0.05) is 27.8 Å². The highest BCUT2D eigenvalue weighted by Gasteiger charge is 2.08. The van der Waals surface area contributed by atoms with E-state index in [2.05, 4.69) is 40.1 Å². The van der Waals surface area contributed by atoms with E-state index in [1.165, 1.54) is 6.42 Å². The average molecular weight is 308 g/mol. The first-order valence-electron chi connectivity index (χ1n) is 6.22. The smallest absolute Gasteiger partial charge is 0.0954 e. The molecule has 1 aromatic heterocycles. The maximum Gasteiger partial charge on any atom is 0.0954 e. The Hall–Kier alpha value is -1.29. The van der Waals surface area contributed by atoms with Gasteiger partial charge < -0.3 is 11.1 Å². The van der Waals surface area contributed by atoms with Crippen molar-refractivity contribution in [2.24, 2.45) is 0 Å². The molecule has 0 bridgehead atoms. The fourth-order valence-electron chi connectivity index (χ4n) is 2.10. The molecule has 0 aliphatic rings. The number of hydrogen-bond acceptors (Lipinski definition) is 3. The molecule has 1 atom stereocenters. The van der Waals surface area contributed by atoms with Gasteiger partial charge in [0.15, 0.2) is 0 Å². The molecule has 96 valence electrons. The highest BCUT2D eigenvalue weighted by atomic mass is 79.9. The summed E-state index contributed by atoms with van der Waals surface area (Å²) in [6, 6.07) is 6.38. The van der Waals surface area contributed by atoms with Gasteiger partial charge in [-0.05, 0) is 47.5 Å². The van der Waals surface area contributed by atoms with Crippen molar-refractivity contribution in [2.75, 3.05) is 11.1 Å². The number of nitrogens with one attached hydrogen (secondary N) is 1. The van der Waals surface area contributed by atoms with E-state index in [4.69, 9.17) is 5.73 Å². The lowest BCUT2D eigenvalue weighted by atomic mass is 10.1. The minimum Gasteiger partial charge on any atom is -0.398 e. The van der Waals surface area contributed by atoms with Gasteiger partial charge in [0.1, 0.15) is 0 Å². The fraction of sp³-hybridized carbons (Fsp3) is 0.357. The summed E-state index contributed by atoms with van der Waals surface area (Å²) in [5, 5.41) is 4.48. The number of pyridine rings is 1. The first-order chi connectivity index (χ1) is 8.61. The van der Waals surface area contributed by atoms with E-state index in [0.717, 1.165) is 33.2 Å². The number of halogens is 1. The molecule has 2 rings (SSSR count). The third-order valence-electron chi connectivity index (χ3n) is 2.97. The maximum absolute atomic E-state index is 5.99. The van der Waals surface area contributed by atoms with Crippen LogP contribution in [-0.2, 0) is 0 Å². The van der Waals surface area contributed by atoms with Crippen molar-refractivity contribution < 1.29 is 0 Å². The Morgan fingerprint density at radius 2 is 2.22 bits per heavy atom. The van der Waals surface area contributed by atoms with Gasteiger partial charge in [0.05, 0.1) is 11.2 Å². The first-order valence-corrected chi connectivity index (χ1v) is 7.01. The van der Waals surface area contributed by atoms with Gasteiger partial charge in [-0.3, -0.25) is 4.98 Å². The Labute approximate surface area is 116 Å². The lowest BCUT2D eigenvalue weighted by molar-refractivity contribution is 0.691. The predicted octanol–water partition coefficient (Wildman–Crippen LogP) is 4.18. The zero-order chi connectivity index (χ0) is 13.1. The topological polar surface area (TPSA) is 50.9 Å². The molecule has 3 nitrogen and oxygen atoms in total. The molecule has 18 heavy (non-hydrogen) atoms. The Morgan fingerprint density at radius 3 is 2.94 bits per heavy atom. The molecular formula is C14H18BrN3. The van der Waals surface area contributed by atoms with Gasteiger partial charge in [-0.2, -0.15) is 0 Å². The molecule has 1 aromatic carbocycles. The number of nitrogens with zero attached hydrogens (tertiary/aromatic N) is 1. The van der Waals surface area contributed by atoms with Crippen LogP contribution in [0.15, 0.2) is 28.9 Å². The largest absolute Gasteiger partial charge is 0.398 e. The summed E-state index contributed by atoms with van der Waals surface area (Å²) in [5.74, 6) is 0. The van der Waals surface area contributed by atoms with E-state index >= 15 is 0 Å². The van der Waals surface area contributed by atoms with Crippen molar-refractivity contribution in [1.29, 1.82) is 0 Å². The second-order valence-electron chi connectivity index (χ2n) is 4.59. The summed E-state index contributed by atoms with van der Waals surface area (Å²) >= 11 is 3.43. The van der Waals surface area contributed by atoms with Gasteiger partial charge in [0.2, 0.25) is 0 Å². The standard InChI is InChI=1S/C14H18BrN3/c1-3-4-9(2)18-13-6-5-12(16)11-7-10(15)8-17-14(11)13/h5-9,18H,3-4,16H2,1-2H3. The zero-order valence-electron chi connectivity index (χ0n) is 10.7. The third kappa shape index (κ3) is 2.75. The number of benzene rings is 1. The van der Waals surface area contributed by atoms with Gasteiger partial charge in [0.25, 0.3) is 0 Å². The summed E-state index contributed by atoms with van der Waals surface area (Å²) in [6.45, 7) is 4.37. The summed E-state index contributed by atoms with van der Waals surface area (Å²) < 4.78 is 0.945. The molecule has 0 radical (unpaired) electrons. The van der Waals surface area contributed by atoms with Crippen LogP contribution in [0.3, 0.4) is 0 Å². The summed E-state index contributed by atoms with van der Waals surface area (Å²) in [6.07, 6.45) is 4.11. The number of fused-ring (bicyclic) bond motifs is 1. The lowest BCUT2D eigenvalue weighted by Crippen LogP contribution is -2.15. The molecule has 2 aromatic rings. The van der Waals surface area contributed by atoms with Crippen LogP contribution in [-0.4, -0.2) is 11.0 Å². The molecule has 1 heterocycles. The summed E-state index contributed by atoms with van der Waals surface area (Å²) in [5.41, 5.74) is 8.73. The molecule has 0 saturated carbocycles. The number of nitrogen functional groups attached to an aromatic ring is 1. The minimum atomic E-state index is 0.437. The monoisotopic (exact) mass is 307 g/mol. The van der Waals surface area contributed by atoms with Crippen LogP contribution in [0.25, 0.3) is 10.9 Å². The number of aromatic nitrogens is 1. The second kappa shape index (κ2) is 5.57. The van der Waals surface area contributed by atoms with Crippen LogP contribution < -0.4 is 11.1 Å². The SMILES string of the molecule is CCCC(C)Nc1ccc(N)c2cc(Br)cnc12. The Bertz CT molecular complexity index is 554. The van der Waals surface area contributed by atoms with Crippen LogP contribution in [0.2, 0.25) is 0 Å². The number of hydrogen-bond donors (Lipinski definition) is 2. The van der Waals surface area contributed by atoms with Gasteiger partial charge in [-0.15, -0.1) is 0 Å². The van der Waals surface area contributed by atoms with Crippen molar-refractivity contribution in [2.45, 2.75) is 32.7 Å². The summed E-state index contributed by atoms with van der Waals surface area (Å²) in [7, 11) is 0. The minimum absolute atomic E-state index is 0.437. The van der Waals surface area contributed by atoms with E-state index in [1.807, 2.05) is 18.2 Å². The molecule has 4 heteroatoms. The van der Waals surface area contributed by atoms with Gasteiger partial charge >= 0.3 is 0 Å². The fourth-order valence-corrected chi connectivity index (χ4v) is 2.43. The van der Waals surface area contributed by atoms with Crippen LogP contribution in [0.4, 0.5) is 11.4 Å². The van der Waals surface area contributed by atoms with Crippen molar-refractivity contribution in [3.8, 4) is 0 Å². The van der Waals surface area contributed by atoms with E-state index in [-0.39, 0.29) is 0 Å². The Morgan fingerprint density at radius 1 is 1.44 bits per heavy atom. The number of rotatable bonds is 4. The van der Waals surface area contributed by atoms with Gasteiger partial charge in [-0.25, -0.2) is 0 Å². The van der Waals surface area contributed by atoms with Crippen molar-refractivity contribution in [3.63, 3.8) is 0 Å². The number of nitrogens with two attached hydrogens (primary N) is 1. The Balaban J connectivity index is 2.42. The van der Waals surface area contributed by atoms with Crippen molar-refractivity contribution >= 4 is 38.2 Å². The molecule has 3 N–H and O–H groups in total. The highest BCUT2D eigenvalue weighted by Crippen LogP contribution is 2.29. The van der Waals surface area contributed by atoms with E-state index < -0.39 is 0 Å². The third-order valence-corrected chi connectivity index (χ3v) is 3.41. The van der Waals surface area contributed by atoms with Crippen LogP contribution >= 0.6 is 15.9 Å². The molecule has 0 aliphatic heterocycles. The lowest BCUT2D eigenvalue weighted by Gasteiger charge is -2.16. The van der Waals surface area contributed by atoms with Gasteiger partial charge in [-0.1, -0.05) is 13.3 Å². The van der Waals surface area contributed by atoms with Crippen LogP contribution in [0, 0.1) is 0 Å². The zero-order valence-corrected chi connectivity index (χ0v) is 12.3. The van der Waals surface area contributed by atoms with Crippen LogP contribution in [0.5, 0.6) is 0 Å². The molecule has 0 amide bonds. The van der Waals surface area contributed by atoms with E-state index in [0.29, 0.717) is 6.04 Å². The average Bonchev–Trinajstić information content (AvgIpc) is 2.33. The van der Waals surface area contributed by atoms with Crippen LogP contribution in [0.1, 0.15) is 26.7 Å². The first kappa shape index (κ1) is 13.1. The Kier molecular flexibility index (Phi) is 4.07.